The number of fused-ring (bicyclic) bond motifs is 2. The largest absolute Gasteiger partial charge is 0.383 e. The molecule has 0 saturated carbocycles. The van der Waals surface area contributed by atoms with Crippen LogP contribution in [0, 0.1) is 5.82 Å². The van der Waals surface area contributed by atoms with Crippen molar-refractivity contribution in [2.75, 3.05) is 5.73 Å². The molecule has 0 unspecified atom stereocenters. The van der Waals surface area contributed by atoms with Gasteiger partial charge in [-0.25, -0.2) is 14.4 Å². The van der Waals surface area contributed by atoms with Crippen LogP contribution in [-0.4, -0.2) is 9.97 Å². The molecule has 6 heteroatoms. The minimum absolute atomic E-state index is 0.307. The Bertz CT molecular complexity index is 914. The SMILES string of the molecule is Nc1nc(-c2cc3sccc3s2)nc2ccc(F)cc12. The molecule has 0 aliphatic heterocycles. The molecular formula is C14H8FN3S2. The van der Waals surface area contributed by atoms with Crippen molar-refractivity contribution in [1.82, 2.24) is 9.97 Å². The van der Waals surface area contributed by atoms with Crippen LogP contribution >= 0.6 is 22.7 Å². The molecule has 0 spiro atoms. The zero-order valence-electron chi connectivity index (χ0n) is 10.1. The summed E-state index contributed by atoms with van der Waals surface area (Å²) in [4.78, 5) is 9.76. The summed E-state index contributed by atoms with van der Waals surface area (Å²) in [5.74, 6) is 0.563. The summed E-state index contributed by atoms with van der Waals surface area (Å²) in [6.45, 7) is 0. The monoisotopic (exact) mass is 301 g/mol. The Morgan fingerprint density at radius 2 is 1.95 bits per heavy atom. The van der Waals surface area contributed by atoms with E-state index in [-0.39, 0.29) is 5.82 Å². The van der Waals surface area contributed by atoms with Crippen LogP contribution in [0.2, 0.25) is 0 Å². The van der Waals surface area contributed by atoms with Crippen LogP contribution in [0.25, 0.3) is 31.0 Å². The lowest BCUT2D eigenvalue weighted by Gasteiger charge is -2.03. The van der Waals surface area contributed by atoms with Gasteiger partial charge in [-0.2, -0.15) is 0 Å². The fourth-order valence-corrected chi connectivity index (χ4v) is 4.15. The van der Waals surface area contributed by atoms with E-state index in [2.05, 4.69) is 27.5 Å². The van der Waals surface area contributed by atoms with Crippen molar-refractivity contribution < 1.29 is 4.39 Å². The van der Waals surface area contributed by atoms with Gasteiger partial charge in [-0.3, -0.25) is 0 Å². The Morgan fingerprint density at radius 3 is 2.80 bits per heavy atom. The van der Waals surface area contributed by atoms with Crippen LogP contribution in [0.3, 0.4) is 0 Å². The maximum atomic E-state index is 13.2. The molecule has 20 heavy (non-hydrogen) atoms. The van der Waals surface area contributed by atoms with Crippen molar-refractivity contribution in [3.8, 4) is 10.7 Å². The third-order valence-corrected chi connectivity index (χ3v) is 5.14. The third-order valence-electron chi connectivity index (χ3n) is 3.05. The molecule has 0 amide bonds. The number of nitrogens with zero attached hydrogens (tertiary/aromatic N) is 2. The number of aromatic nitrogens is 2. The molecule has 0 saturated heterocycles. The second-order valence-corrected chi connectivity index (χ2v) is 6.39. The van der Waals surface area contributed by atoms with Gasteiger partial charge in [0.15, 0.2) is 5.82 Å². The summed E-state index contributed by atoms with van der Waals surface area (Å²) in [5.41, 5.74) is 6.58. The van der Waals surface area contributed by atoms with Crippen LogP contribution in [0.15, 0.2) is 35.7 Å². The van der Waals surface area contributed by atoms with Gasteiger partial charge in [0.25, 0.3) is 0 Å². The topological polar surface area (TPSA) is 51.8 Å². The minimum atomic E-state index is -0.336. The first kappa shape index (κ1) is 11.7. The number of hydrogen-bond donors (Lipinski definition) is 1. The number of hydrogen-bond acceptors (Lipinski definition) is 5. The Kier molecular flexibility index (Phi) is 2.48. The van der Waals surface area contributed by atoms with E-state index in [9.17, 15) is 4.39 Å². The van der Waals surface area contributed by atoms with Crippen LogP contribution in [0.5, 0.6) is 0 Å². The minimum Gasteiger partial charge on any atom is -0.383 e. The van der Waals surface area contributed by atoms with E-state index in [0.29, 0.717) is 22.5 Å². The summed E-state index contributed by atoms with van der Waals surface area (Å²) in [6.07, 6.45) is 0. The molecule has 0 aliphatic rings. The second-order valence-electron chi connectivity index (χ2n) is 4.35. The molecule has 4 aromatic rings. The van der Waals surface area contributed by atoms with E-state index >= 15 is 0 Å². The first-order valence-electron chi connectivity index (χ1n) is 5.91. The lowest BCUT2D eigenvalue weighted by atomic mass is 10.2. The molecule has 3 nitrogen and oxygen atoms in total. The molecule has 0 atom stereocenters. The van der Waals surface area contributed by atoms with Crippen LogP contribution in [0.1, 0.15) is 0 Å². The number of rotatable bonds is 1. The van der Waals surface area contributed by atoms with Crippen molar-refractivity contribution in [2.45, 2.75) is 0 Å². The molecular weight excluding hydrogens is 293 g/mol. The Balaban J connectivity index is 1.96. The highest BCUT2D eigenvalue weighted by atomic mass is 32.1. The molecule has 0 aliphatic carbocycles. The zero-order chi connectivity index (χ0) is 13.7. The average molecular weight is 301 g/mol. The van der Waals surface area contributed by atoms with Crippen LogP contribution < -0.4 is 5.73 Å². The summed E-state index contributed by atoms with van der Waals surface area (Å²) < 4.78 is 15.7. The van der Waals surface area contributed by atoms with Crippen molar-refractivity contribution in [3.63, 3.8) is 0 Å². The van der Waals surface area contributed by atoms with E-state index in [1.54, 1.807) is 28.7 Å². The molecule has 3 aromatic heterocycles. The number of halogens is 1. The number of nitrogen functional groups attached to an aromatic ring is 1. The van der Waals surface area contributed by atoms with E-state index in [4.69, 9.17) is 5.73 Å². The Morgan fingerprint density at radius 1 is 1.05 bits per heavy atom. The second kappa shape index (κ2) is 4.22. The van der Waals surface area contributed by atoms with Crippen LogP contribution in [-0.2, 0) is 0 Å². The van der Waals surface area contributed by atoms with Crippen molar-refractivity contribution in [1.29, 1.82) is 0 Å². The van der Waals surface area contributed by atoms with E-state index in [1.807, 2.05) is 0 Å². The summed E-state index contributed by atoms with van der Waals surface area (Å²) in [7, 11) is 0. The smallest absolute Gasteiger partial charge is 0.172 e. The first-order chi connectivity index (χ1) is 9.70. The van der Waals surface area contributed by atoms with Crippen molar-refractivity contribution in [3.05, 3.63) is 41.5 Å². The predicted octanol–water partition coefficient (Wildman–Crippen LogP) is 4.29. The zero-order valence-corrected chi connectivity index (χ0v) is 11.8. The summed E-state index contributed by atoms with van der Waals surface area (Å²) in [6, 6.07) is 8.51. The molecule has 4 rings (SSSR count). The quantitative estimate of drug-likeness (QED) is 0.570. The van der Waals surface area contributed by atoms with Gasteiger partial charge in [0.05, 0.1) is 10.4 Å². The lowest BCUT2D eigenvalue weighted by Crippen LogP contribution is -1.97. The van der Waals surface area contributed by atoms with Gasteiger partial charge < -0.3 is 5.73 Å². The molecule has 0 radical (unpaired) electrons. The van der Waals surface area contributed by atoms with Gasteiger partial charge in [0, 0.05) is 14.8 Å². The Hall–Kier alpha value is -2.05. The van der Waals surface area contributed by atoms with E-state index in [1.165, 1.54) is 21.5 Å². The molecule has 0 fully saturated rings. The van der Waals surface area contributed by atoms with Gasteiger partial charge in [-0.1, -0.05) is 0 Å². The van der Waals surface area contributed by atoms with Gasteiger partial charge in [-0.15, -0.1) is 22.7 Å². The van der Waals surface area contributed by atoms with Gasteiger partial charge in [0.1, 0.15) is 11.6 Å². The van der Waals surface area contributed by atoms with E-state index < -0.39 is 0 Å². The van der Waals surface area contributed by atoms with Gasteiger partial charge >= 0.3 is 0 Å². The molecule has 2 N–H and O–H groups in total. The number of benzene rings is 1. The number of thiophene rings is 2. The maximum absolute atomic E-state index is 13.2. The normalized spacial score (nSPS) is 11.4. The van der Waals surface area contributed by atoms with Gasteiger partial charge in [-0.05, 0) is 35.7 Å². The maximum Gasteiger partial charge on any atom is 0.172 e. The number of anilines is 1. The Labute approximate surface area is 121 Å². The predicted molar refractivity (Wildman–Crippen MR) is 82.6 cm³/mol. The van der Waals surface area contributed by atoms with Crippen LogP contribution in [0.4, 0.5) is 10.2 Å². The fraction of sp³-hybridized carbons (Fsp3) is 0. The standard InChI is InChI=1S/C14H8FN3S2/c15-7-1-2-9-8(5-7)13(16)18-14(17-9)12-6-11-10(20-12)3-4-19-11/h1-6H,(H2,16,17,18). The third kappa shape index (κ3) is 1.76. The number of nitrogens with two attached hydrogens (primary N) is 1. The lowest BCUT2D eigenvalue weighted by molar-refractivity contribution is 0.629. The summed E-state index contributed by atoms with van der Waals surface area (Å²) in [5, 5.41) is 2.61. The molecule has 1 aromatic carbocycles. The van der Waals surface area contributed by atoms with Crippen molar-refractivity contribution in [2.24, 2.45) is 0 Å². The molecule has 0 bridgehead atoms. The fourth-order valence-electron chi connectivity index (χ4n) is 2.11. The van der Waals surface area contributed by atoms with Gasteiger partial charge in [0.2, 0.25) is 0 Å². The molecule has 3 heterocycles. The summed E-state index contributed by atoms with van der Waals surface area (Å²) >= 11 is 3.32. The highest BCUT2D eigenvalue weighted by Gasteiger charge is 2.11. The highest BCUT2D eigenvalue weighted by molar-refractivity contribution is 7.28. The first-order valence-corrected chi connectivity index (χ1v) is 7.60. The highest BCUT2D eigenvalue weighted by Crippen LogP contribution is 2.35. The average Bonchev–Trinajstić information content (AvgIpc) is 3.00. The molecule has 98 valence electrons. The van der Waals surface area contributed by atoms with Crippen molar-refractivity contribution >= 4 is 48.8 Å². The van der Waals surface area contributed by atoms with E-state index in [0.717, 1.165) is 4.88 Å².